The first-order valence-corrected chi connectivity index (χ1v) is 9.79. The highest BCUT2D eigenvalue weighted by Crippen LogP contribution is 2.20. The van der Waals surface area contributed by atoms with Crippen LogP contribution in [-0.2, 0) is 6.54 Å². The largest absolute Gasteiger partial charge is 0.339 e. The molecule has 148 valence electrons. The van der Waals surface area contributed by atoms with E-state index in [1.165, 1.54) is 12.4 Å². The van der Waals surface area contributed by atoms with Gasteiger partial charge < -0.3 is 9.80 Å². The van der Waals surface area contributed by atoms with Gasteiger partial charge in [-0.15, -0.1) is 0 Å². The second-order valence-electron chi connectivity index (χ2n) is 6.65. The molecule has 5 nitrogen and oxygen atoms in total. The molecule has 0 spiro atoms. The summed E-state index contributed by atoms with van der Waals surface area (Å²) in [5.41, 5.74) is 2.63. The second-order valence-corrected chi connectivity index (χ2v) is 6.65. The van der Waals surface area contributed by atoms with Crippen LogP contribution in [-0.4, -0.2) is 34.8 Å². The lowest BCUT2D eigenvalue weighted by atomic mass is 10.1. The maximum Gasteiger partial charge on any atom is 0.260 e. The number of pyridine rings is 1. The summed E-state index contributed by atoms with van der Waals surface area (Å²) in [7, 11) is 0. The highest BCUT2D eigenvalue weighted by molar-refractivity contribution is 6.07. The summed E-state index contributed by atoms with van der Waals surface area (Å²) in [6.07, 6.45) is 3.03. The zero-order chi connectivity index (χ0) is 20.6. The van der Waals surface area contributed by atoms with E-state index in [1.807, 2.05) is 74.5 Å². The van der Waals surface area contributed by atoms with Crippen molar-refractivity contribution < 1.29 is 9.59 Å². The van der Waals surface area contributed by atoms with Crippen molar-refractivity contribution in [1.29, 1.82) is 0 Å². The van der Waals surface area contributed by atoms with Gasteiger partial charge in [-0.25, -0.2) is 0 Å². The molecule has 1 heterocycles. The Bertz CT molecular complexity index is 954. The molecule has 0 fully saturated rings. The number of anilines is 1. The van der Waals surface area contributed by atoms with Crippen molar-refractivity contribution in [2.45, 2.75) is 20.4 Å². The minimum absolute atomic E-state index is 0.119. The Morgan fingerprint density at radius 1 is 0.793 bits per heavy atom. The molecule has 0 aliphatic carbocycles. The van der Waals surface area contributed by atoms with Crippen LogP contribution in [0.2, 0.25) is 0 Å². The van der Waals surface area contributed by atoms with E-state index < -0.39 is 0 Å². The lowest BCUT2D eigenvalue weighted by Gasteiger charge is -2.23. The van der Waals surface area contributed by atoms with E-state index in [4.69, 9.17) is 0 Å². The molecule has 0 saturated carbocycles. The van der Waals surface area contributed by atoms with Crippen LogP contribution >= 0.6 is 0 Å². The Labute approximate surface area is 171 Å². The third-order valence-electron chi connectivity index (χ3n) is 4.78. The van der Waals surface area contributed by atoms with E-state index >= 15 is 0 Å². The topological polar surface area (TPSA) is 53.5 Å². The first-order chi connectivity index (χ1) is 14.1. The molecule has 0 N–H and O–H groups in total. The van der Waals surface area contributed by atoms with E-state index in [2.05, 4.69) is 4.98 Å². The number of aromatic nitrogens is 1. The number of hydrogen-bond donors (Lipinski definition) is 0. The van der Waals surface area contributed by atoms with Gasteiger partial charge in [0.15, 0.2) is 0 Å². The summed E-state index contributed by atoms with van der Waals surface area (Å²) in [5, 5.41) is 0. The van der Waals surface area contributed by atoms with Gasteiger partial charge in [-0.2, -0.15) is 0 Å². The number of benzene rings is 2. The Hall–Kier alpha value is -3.47. The third-order valence-corrected chi connectivity index (χ3v) is 4.78. The molecule has 2 aromatic carbocycles. The highest BCUT2D eigenvalue weighted by atomic mass is 16.2. The molecule has 3 aromatic rings. The lowest BCUT2D eigenvalue weighted by molar-refractivity contribution is 0.0772. The number of para-hydroxylation sites is 1. The van der Waals surface area contributed by atoms with Crippen molar-refractivity contribution in [3.8, 4) is 0 Å². The second kappa shape index (κ2) is 9.64. The average molecular weight is 387 g/mol. The van der Waals surface area contributed by atoms with E-state index in [9.17, 15) is 9.59 Å². The van der Waals surface area contributed by atoms with Crippen LogP contribution in [0.25, 0.3) is 0 Å². The molecule has 29 heavy (non-hydrogen) atoms. The highest BCUT2D eigenvalue weighted by Gasteiger charge is 2.21. The predicted molar refractivity (Wildman–Crippen MR) is 115 cm³/mol. The Morgan fingerprint density at radius 3 is 1.93 bits per heavy atom. The summed E-state index contributed by atoms with van der Waals surface area (Å²) < 4.78 is 0. The number of carbonyl (C=O) groups is 2. The Kier molecular flexibility index (Phi) is 6.74. The monoisotopic (exact) mass is 387 g/mol. The summed E-state index contributed by atoms with van der Waals surface area (Å²) in [6.45, 7) is 5.51. The van der Waals surface area contributed by atoms with Gasteiger partial charge >= 0.3 is 0 Å². The molecule has 0 saturated heterocycles. The van der Waals surface area contributed by atoms with Gasteiger partial charge in [-0.3, -0.25) is 14.6 Å². The molecule has 0 aliphatic heterocycles. The first-order valence-electron chi connectivity index (χ1n) is 9.79. The van der Waals surface area contributed by atoms with Gasteiger partial charge in [0.05, 0.1) is 17.7 Å². The van der Waals surface area contributed by atoms with Gasteiger partial charge in [-0.1, -0.05) is 48.5 Å². The molecule has 3 rings (SSSR count). The van der Waals surface area contributed by atoms with Crippen molar-refractivity contribution in [3.63, 3.8) is 0 Å². The summed E-state index contributed by atoms with van der Waals surface area (Å²) >= 11 is 0. The fourth-order valence-electron chi connectivity index (χ4n) is 3.18. The van der Waals surface area contributed by atoms with E-state index in [-0.39, 0.29) is 11.8 Å². The number of carbonyl (C=O) groups excluding carboxylic acids is 2. The van der Waals surface area contributed by atoms with Gasteiger partial charge in [0.2, 0.25) is 0 Å². The SMILES string of the molecule is CCN(CC)C(=O)c1cncc(C(=O)N(Cc2ccccc2)c2ccccc2)c1. The fraction of sp³-hybridized carbons (Fsp3) is 0.208. The molecule has 0 aliphatic rings. The number of amides is 2. The van der Waals surface area contributed by atoms with E-state index in [1.54, 1.807) is 15.9 Å². The smallest absolute Gasteiger partial charge is 0.260 e. The van der Waals surface area contributed by atoms with Gasteiger partial charge in [-0.05, 0) is 37.6 Å². The van der Waals surface area contributed by atoms with E-state index in [0.29, 0.717) is 30.8 Å². The molecular weight excluding hydrogens is 362 g/mol. The Balaban J connectivity index is 1.94. The maximum atomic E-state index is 13.4. The molecule has 1 aromatic heterocycles. The van der Waals surface area contributed by atoms with Crippen molar-refractivity contribution in [2.24, 2.45) is 0 Å². The van der Waals surface area contributed by atoms with Gasteiger partial charge in [0.1, 0.15) is 0 Å². The van der Waals surface area contributed by atoms with E-state index in [0.717, 1.165) is 11.3 Å². The number of hydrogen-bond acceptors (Lipinski definition) is 3. The molecule has 0 radical (unpaired) electrons. The van der Waals surface area contributed by atoms with Crippen LogP contribution in [0.1, 0.15) is 40.1 Å². The third kappa shape index (κ3) is 4.88. The van der Waals surface area contributed by atoms with Crippen LogP contribution in [0.5, 0.6) is 0 Å². The summed E-state index contributed by atoms with van der Waals surface area (Å²) in [4.78, 5) is 33.7. The zero-order valence-electron chi connectivity index (χ0n) is 16.8. The number of nitrogens with zero attached hydrogens (tertiary/aromatic N) is 3. The molecular formula is C24H25N3O2. The fourth-order valence-corrected chi connectivity index (χ4v) is 3.18. The van der Waals surface area contributed by atoms with Crippen molar-refractivity contribution >= 4 is 17.5 Å². The Morgan fingerprint density at radius 2 is 1.34 bits per heavy atom. The number of rotatable bonds is 7. The molecule has 2 amide bonds. The maximum absolute atomic E-state index is 13.4. The lowest BCUT2D eigenvalue weighted by Crippen LogP contribution is -2.32. The van der Waals surface area contributed by atoms with Crippen molar-refractivity contribution in [1.82, 2.24) is 9.88 Å². The van der Waals surface area contributed by atoms with Crippen LogP contribution in [0, 0.1) is 0 Å². The summed E-state index contributed by atoms with van der Waals surface area (Å²) in [6, 6.07) is 21.0. The minimum Gasteiger partial charge on any atom is -0.339 e. The van der Waals surface area contributed by atoms with Gasteiger partial charge in [0, 0.05) is 31.2 Å². The van der Waals surface area contributed by atoms with Crippen LogP contribution in [0.4, 0.5) is 5.69 Å². The van der Waals surface area contributed by atoms with Crippen LogP contribution in [0.3, 0.4) is 0 Å². The quantitative estimate of drug-likeness (QED) is 0.603. The predicted octanol–water partition coefficient (Wildman–Crippen LogP) is 4.41. The molecule has 0 bridgehead atoms. The van der Waals surface area contributed by atoms with Crippen molar-refractivity contribution in [2.75, 3.05) is 18.0 Å². The van der Waals surface area contributed by atoms with Crippen LogP contribution < -0.4 is 4.90 Å². The first kappa shape index (κ1) is 20.3. The van der Waals surface area contributed by atoms with Crippen LogP contribution in [0.15, 0.2) is 79.1 Å². The van der Waals surface area contributed by atoms with Crippen molar-refractivity contribution in [3.05, 3.63) is 95.8 Å². The standard InChI is InChI=1S/C24H25N3O2/c1-3-26(4-2)23(28)20-15-21(17-25-16-20)24(29)27(22-13-9-6-10-14-22)18-19-11-7-5-8-12-19/h5-17H,3-4,18H2,1-2H3. The molecule has 5 heteroatoms. The normalized spacial score (nSPS) is 10.4. The summed E-state index contributed by atoms with van der Waals surface area (Å²) in [5.74, 6) is -0.312. The average Bonchev–Trinajstić information content (AvgIpc) is 2.79. The molecule has 0 atom stereocenters. The minimum atomic E-state index is -0.193. The zero-order valence-corrected chi connectivity index (χ0v) is 16.8. The molecule has 0 unspecified atom stereocenters. The van der Waals surface area contributed by atoms with Gasteiger partial charge in [0.25, 0.3) is 11.8 Å².